The highest BCUT2D eigenvalue weighted by Crippen LogP contribution is 2.34. The highest BCUT2D eigenvalue weighted by atomic mass is 19.4. The molecule has 2 amide bonds. The molecule has 0 radical (unpaired) electrons. The van der Waals surface area contributed by atoms with Gasteiger partial charge in [-0.2, -0.15) is 18.3 Å². The first-order valence-corrected chi connectivity index (χ1v) is 11.7. The van der Waals surface area contributed by atoms with Crippen LogP contribution in [0.3, 0.4) is 0 Å². The molecule has 0 N–H and O–H groups in total. The van der Waals surface area contributed by atoms with Crippen LogP contribution in [-0.2, 0) is 11.0 Å². The van der Waals surface area contributed by atoms with Gasteiger partial charge >= 0.3 is 6.18 Å². The number of hydrazone groups is 1. The van der Waals surface area contributed by atoms with Gasteiger partial charge in [-0.05, 0) is 54.1 Å². The number of carbonyl (C=O) groups excluding carboxylic acids is 2. The van der Waals surface area contributed by atoms with E-state index in [0.717, 1.165) is 40.3 Å². The third-order valence-electron chi connectivity index (χ3n) is 6.25. The minimum absolute atomic E-state index is 0.0435. The Morgan fingerprint density at radius 1 is 0.974 bits per heavy atom. The van der Waals surface area contributed by atoms with Crippen LogP contribution in [0.5, 0.6) is 11.5 Å². The molecule has 10 heteroatoms. The molecule has 1 heterocycles. The van der Waals surface area contributed by atoms with Gasteiger partial charge < -0.3 is 14.4 Å². The lowest BCUT2D eigenvalue weighted by Crippen LogP contribution is -2.39. The molecule has 0 aliphatic carbocycles. The van der Waals surface area contributed by atoms with Gasteiger partial charge in [-0.15, -0.1) is 0 Å². The Bertz CT molecular complexity index is 1340. The van der Waals surface area contributed by atoms with E-state index in [0.29, 0.717) is 23.6 Å². The number of amides is 2. The van der Waals surface area contributed by atoms with Gasteiger partial charge in [0.15, 0.2) is 0 Å². The molecule has 0 saturated carbocycles. The Morgan fingerprint density at radius 3 is 2.24 bits per heavy atom. The maximum atomic E-state index is 13.4. The van der Waals surface area contributed by atoms with Crippen molar-refractivity contribution in [3.63, 3.8) is 0 Å². The molecule has 198 valence electrons. The minimum atomic E-state index is -4.51. The van der Waals surface area contributed by atoms with E-state index >= 15 is 0 Å². The summed E-state index contributed by atoms with van der Waals surface area (Å²) in [5, 5.41) is 5.96. The summed E-state index contributed by atoms with van der Waals surface area (Å²) in [7, 11) is 4.55. The van der Waals surface area contributed by atoms with Crippen molar-refractivity contribution in [1.29, 1.82) is 0 Å². The maximum absolute atomic E-state index is 13.4. The van der Waals surface area contributed by atoms with Crippen molar-refractivity contribution in [2.24, 2.45) is 5.10 Å². The van der Waals surface area contributed by atoms with Gasteiger partial charge in [-0.25, -0.2) is 5.01 Å². The third kappa shape index (κ3) is 5.80. The molecule has 0 fully saturated rings. The van der Waals surface area contributed by atoms with E-state index in [-0.39, 0.29) is 12.1 Å². The van der Waals surface area contributed by atoms with Crippen LogP contribution >= 0.6 is 0 Å². The first kappa shape index (κ1) is 26.7. The number of hydrogen-bond acceptors (Lipinski definition) is 5. The Labute approximate surface area is 218 Å². The van der Waals surface area contributed by atoms with E-state index in [2.05, 4.69) is 5.10 Å². The molecule has 3 aromatic carbocycles. The Hall–Kier alpha value is -4.34. The van der Waals surface area contributed by atoms with Crippen molar-refractivity contribution in [1.82, 2.24) is 9.91 Å². The number of rotatable bonds is 7. The molecular formula is C28H26F3N3O4. The number of benzene rings is 3. The normalized spacial score (nSPS) is 15.2. The average Bonchev–Trinajstić information content (AvgIpc) is 3.38. The molecule has 1 aliphatic heterocycles. The number of halogens is 3. The summed E-state index contributed by atoms with van der Waals surface area (Å²) in [6, 6.07) is 18.1. The summed E-state index contributed by atoms with van der Waals surface area (Å²) >= 11 is 0. The Kier molecular flexibility index (Phi) is 7.70. The monoisotopic (exact) mass is 525 g/mol. The first-order valence-electron chi connectivity index (χ1n) is 11.7. The average molecular weight is 526 g/mol. The van der Waals surface area contributed by atoms with E-state index in [4.69, 9.17) is 9.47 Å². The summed E-state index contributed by atoms with van der Waals surface area (Å²) in [6.07, 6.45) is -4.07. The van der Waals surface area contributed by atoms with Gasteiger partial charge in [-0.1, -0.05) is 24.3 Å². The summed E-state index contributed by atoms with van der Waals surface area (Å²) in [5.74, 6) is 0.300. The smallest absolute Gasteiger partial charge is 0.416 e. The zero-order valence-electron chi connectivity index (χ0n) is 21.0. The zero-order valence-corrected chi connectivity index (χ0v) is 21.0. The van der Waals surface area contributed by atoms with Gasteiger partial charge in [0, 0.05) is 24.6 Å². The zero-order chi connectivity index (χ0) is 27.4. The van der Waals surface area contributed by atoms with E-state index in [9.17, 15) is 22.8 Å². The van der Waals surface area contributed by atoms with Gasteiger partial charge in [0.2, 0.25) is 0 Å². The standard InChI is InChI=1S/C28H26F3N3O4/c1-33(27(36)19-7-11-21(12-8-19)28(29,30)31)17-26(35)34-25(18-9-13-22(37-2)14-10-18)16-24(32-34)20-5-4-6-23(15-20)38-3/h4-15,25H,16-17H2,1-3H3. The maximum Gasteiger partial charge on any atom is 0.416 e. The quantitative estimate of drug-likeness (QED) is 0.427. The highest BCUT2D eigenvalue weighted by Gasteiger charge is 2.34. The number of methoxy groups -OCH3 is 2. The van der Waals surface area contributed by atoms with E-state index in [1.807, 2.05) is 36.4 Å². The molecule has 0 spiro atoms. The number of carbonyl (C=O) groups is 2. The molecule has 0 bridgehead atoms. The number of likely N-dealkylation sites (N-methyl/N-ethyl adjacent to an activating group) is 1. The lowest BCUT2D eigenvalue weighted by atomic mass is 9.98. The highest BCUT2D eigenvalue weighted by molar-refractivity contribution is 6.04. The molecular weight excluding hydrogens is 499 g/mol. The Balaban J connectivity index is 1.57. The van der Waals surface area contributed by atoms with E-state index < -0.39 is 29.6 Å². The number of alkyl halides is 3. The lowest BCUT2D eigenvalue weighted by molar-refractivity contribution is -0.137. The van der Waals surface area contributed by atoms with Crippen LogP contribution in [0.15, 0.2) is 77.9 Å². The first-order chi connectivity index (χ1) is 18.1. The summed E-state index contributed by atoms with van der Waals surface area (Å²) < 4.78 is 49.2. The van der Waals surface area contributed by atoms with Gasteiger partial charge in [-0.3, -0.25) is 9.59 Å². The number of ether oxygens (including phenoxy) is 2. The summed E-state index contributed by atoms with van der Waals surface area (Å²) in [5.41, 5.74) is 1.49. The van der Waals surface area contributed by atoms with Gasteiger partial charge in [0.05, 0.1) is 31.5 Å². The fourth-order valence-corrected chi connectivity index (χ4v) is 4.17. The molecule has 1 unspecified atom stereocenters. The SMILES string of the molecule is COc1ccc(C2CC(c3cccc(OC)c3)=NN2C(=O)CN(C)C(=O)c2ccc(C(F)(F)F)cc2)cc1. The second-order valence-electron chi connectivity index (χ2n) is 8.75. The number of hydrogen-bond donors (Lipinski definition) is 0. The Morgan fingerprint density at radius 2 is 1.63 bits per heavy atom. The van der Waals surface area contributed by atoms with Crippen molar-refractivity contribution in [3.05, 3.63) is 95.1 Å². The van der Waals surface area contributed by atoms with Gasteiger partial charge in [0.1, 0.15) is 18.0 Å². The molecule has 0 aromatic heterocycles. The molecule has 7 nitrogen and oxygen atoms in total. The lowest BCUT2D eigenvalue weighted by Gasteiger charge is -2.25. The van der Waals surface area contributed by atoms with E-state index in [1.54, 1.807) is 26.4 Å². The molecule has 0 saturated heterocycles. The van der Waals surface area contributed by atoms with Crippen LogP contribution in [0, 0.1) is 0 Å². The van der Waals surface area contributed by atoms with Crippen molar-refractivity contribution < 1.29 is 32.2 Å². The number of nitrogens with zero attached hydrogens (tertiary/aromatic N) is 3. The van der Waals surface area contributed by atoms with Crippen molar-refractivity contribution in [2.75, 3.05) is 27.8 Å². The van der Waals surface area contributed by atoms with Crippen LogP contribution < -0.4 is 9.47 Å². The summed E-state index contributed by atoms with van der Waals surface area (Å²) in [6.45, 7) is -0.318. The van der Waals surface area contributed by atoms with Crippen molar-refractivity contribution in [2.45, 2.75) is 18.6 Å². The van der Waals surface area contributed by atoms with Crippen LogP contribution in [0.4, 0.5) is 13.2 Å². The summed E-state index contributed by atoms with van der Waals surface area (Å²) in [4.78, 5) is 27.4. The largest absolute Gasteiger partial charge is 0.497 e. The molecule has 1 aliphatic rings. The third-order valence-corrected chi connectivity index (χ3v) is 6.25. The minimum Gasteiger partial charge on any atom is -0.497 e. The molecule has 38 heavy (non-hydrogen) atoms. The molecule has 3 aromatic rings. The van der Waals surface area contributed by atoms with Crippen LogP contribution in [0.1, 0.15) is 39.5 Å². The predicted molar refractivity (Wildman–Crippen MR) is 135 cm³/mol. The fraction of sp³-hybridized carbons (Fsp3) is 0.250. The topological polar surface area (TPSA) is 71.4 Å². The predicted octanol–water partition coefficient (Wildman–Crippen LogP) is 5.17. The van der Waals surface area contributed by atoms with Gasteiger partial charge in [0.25, 0.3) is 11.8 Å². The second kappa shape index (κ2) is 11.0. The van der Waals surface area contributed by atoms with Crippen LogP contribution in [0.2, 0.25) is 0 Å². The fourth-order valence-electron chi connectivity index (χ4n) is 4.17. The van der Waals surface area contributed by atoms with Crippen LogP contribution in [-0.4, -0.2) is 55.2 Å². The molecule has 4 rings (SSSR count). The van der Waals surface area contributed by atoms with E-state index in [1.165, 1.54) is 12.1 Å². The van der Waals surface area contributed by atoms with Crippen molar-refractivity contribution >= 4 is 17.5 Å². The molecule has 1 atom stereocenters. The van der Waals surface area contributed by atoms with Crippen LogP contribution in [0.25, 0.3) is 0 Å². The second-order valence-corrected chi connectivity index (χ2v) is 8.75. The van der Waals surface area contributed by atoms with Crippen molar-refractivity contribution in [3.8, 4) is 11.5 Å².